The van der Waals surface area contributed by atoms with Crippen LogP contribution in [0.1, 0.15) is 31.2 Å². The molecule has 1 aliphatic rings. The van der Waals surface area contributed by atoms with Crippen LogP contribution >= 0.6 is 0 Å². The van der Waals surface area contributed by atoms with Crippen molar-refractivity contribution in [2.24, 2.45) is 0 Å². The number of benzene rings is 1. The summed E-state index contributed by atoms with van der Waals surface area (Å²) in [4.78, 5) is 0. The van der Waals surface area contributed by atoms with Gasteiger partial charge >= 0.3 is 0 Å². The number of hydrogen-bond donors (Lipinski definition) is 0. The van der Waals surface area contributed by atoms with E-state index in [1.54, 1.807) is 0 Å². The average molecular weight is 161 g/mol. The van der Waals surface area contributed by atoms with Gasteiger partial charge in [0.2, 0.25) is 0 Å². The predicted octanol–water partition coefficient (Wildman–Crippen LogP) is 2.76. The minimum Gasteiger partial charge on any atom is -0.494 e. The summed E-state index contributed by atoms with van der Waals surface area (Å²) >= 11 is 0. The molecule has 0 bridgehead atoms. The van der Waals surface area contributed by atoms with Gasteiger partial charge in [0.05, 0.1) is 6.61 Å². The molecule has 1 radical (unpaired) electrons. The van der Waals surface area contributed by atoms with E-state index < -0.39 is 0 Å². The Balaban J connectivity index is 2.08. The van der Waals surface area contributed by atoms with Gasteiger partial charge in [-0.2, -0.15) is 0 Å². The zero-order chi connectivity index (χ0) is 8.39. The molecule has 2 rings (SSSR count). The van der Waals surface area contributed by atoms with Crippen molar-refractivity contribution in [3.63, 3.8) is 0 Å². The van der Waals surface area contributed by atoms with E-state index in [-0.39, 0.29) is 0 Å². The topological polar surface area (TPSA) is 9.23 Å². The third-order valence-corrected chi connectivity index (χ3v) is 2.14. The monoisotopic (exact) mass is 161 g/mol. The molecule has 1 aliphatic carbocycles. The molecule has 0 unspecified atom stereocenters. The quantitative estimate of drug-likeness (QED) is 0.662. The van der Waals surface area contributed by atoms with E-state index in [1.165, 1.54) is 18.4 Å². The molecule has 0 heterocycles. The highest BCUT2D eigenvalue weighted by Crippen LogP contribution is 2.40. The molecule has 1 heteroatoms. The highest BCUT2D eigenvalue weighted by atomic mass is 16.5. The first-order valence-electron chi connectivity index (χ1n) is 4.54. The number of rotatable bonds is 3. The van der Waals surface area contributed by atoms with Gasteiger partial charge in [-0.25, -0.2) is 0 Å². The van der Waals surface area contributed by atoms with Gasteiger partial charge in [0, 0.05) is 0 Å². The van der Waals surface area contributed by atoms with Gasteiger partial charge in [-0.05, 0) is 49.4 Å². The smallest absolute Gasteiger partial charge is 0.119 e. The second-order valence-corrected chi connectivity index (χ2v) is 3.19. The van der Waals surface area contributed by atoms with Gasteiger partial charge in [-0.3, -0.25) is 0 Å². The van der Waals surface area contributed by atoms with Crippen LogP contribution in [0.2, 0.25) is 0 Å². The van der Waals surface area contributed by atoms with E-state index in [9.17, 15) is 0 Å². The lowest BCUT2D eigenvalue weighted by Gasteiger charge is -2.02. The predicted molar refractivity (Wildman–Crippen MR) is 48.4 cm³/mol. The first-order valence-corrected chi connectivity index (χ1v) is 4.54. The largest absolute Gasteiger partial charge is 0.494 e. The SMILES string of the molecule is CCOc1c[c]c(C2CC2)cc1. The number of ether oxygens (including phenoxy) is 1. The van der Waals surface area contributed by atoms with Crippen LogP contribution < -0.4 is 4.74 Å². The molecule has 0 aromatic heterocycles. The Morgan fingerprint density at radius 1 is 1.50 bits per heavy atom. The maximum absolute atomic E-state index is 5.33. The molecule has 0 N–H and O–H groups in total. The molecule has 1 saturated carbocycles. The van der Waals surface area contributed by atoms with Crippen molar-refractivity contribution in [2.45, 2.75) is 25.7 Å². The van der Waals surface area contributed by atoms with Gasteiger partial charge in [-0.1, -0.05) is 6.07 Å². The zero-order valence-corrected chi connectivity index (χ0v) is 7.34. The molecule has 63 valence electrons. The second kappa shape index (κ2) is 3.18. The van der Waals surface area contributed by atoms with E-state index in [4.69, 9.17) is 4.74 Å². The van der Waals surface area contributed by atoms with Gasteiger partial charge in [0.1, 0.15) is 5.75 Å². The van der Waals surface area contributed by atoms with Gasteiger partial charge in [0.15, 0.2) is 0 Å². The minimum absolute atomic E-state index is 0.733. The van der Waals surface area contributed by atoms with Crippen molar-refractivity contribution in [3.05, 3.63) is 29.8 Å². The maximum atomic E-state index is 5.33. The van der Waals surface area contributed by atoms with Crippen molar-refractivity contribution < 1.29 is 4.74 Å². The molecule has 0 aliphatic heterocycles. The van der Waals surface area contributed by atoms with Crippen molar-refractivity contribution >= 4 is 0 Å². The lowest BCUT2D eigenvalue weighted by atomic mass is 10.1. The maximum Gasteiger partial charge on any atom is 0.119 e. The highest BCUT2D eigenvalue weighted by Gasteiger charge is 2.23. The standard InChI is InChI=1S/C11H13O/c1-2-12-11-7-5-10(6-8-11)9-3-4-9/h5,7-9H,2-4H2,1H3. The van der Waals surface area contributed by atoms with Crippen LogP contribution in [0.5, 0.6) is 5.75 Å². The highest BCUT2D eigenvalue weighted by molar-refractivity contribution is 5.30. The Labute approximate surface area is 73.4 Å². The first kappa shape index (κ1) is 7.66. The molecule has 1 nitrogen and oxygen atoms in total. The molecule has 0 amide bonds. The van der Waals surface area contributed by atoms with E-state index in [0.29, 0.717) is 0 Å². The van der Waals surface area contributed by atoms with Crippen LogP contribution in [0.25, 0.3) is 0 Å². The molecule has 12 heavy (non-hydrogen) atoms. The summed E-state index contributed by atoms with van der Waals surface area (Å²) in [6.45, 7) is 2.73. The lowest BCUT2D eigenvalue weighted by Crippen LogP contribution is -1.91. The third-order valence-electron chi connectivity index (χ3n) is 2.14. The van der Waals surface area contributed by atoms with Crippen LogP contribution in [0.3, 0.4) is 0 Å². The molecule has 1 fully saturated rings. The van der Waals surface area contributed by atoms with Crippen molar-refractivity contribution in [3.8, 4) is 5.75 Å². The Morgan fingerprint density at radius 2 is 2.33 bits per heavy atom. The fourth-order valence-corrected chi connectivity index (χ4v) is 1.33. The van der Waals surface area contributed by atoms with E-state index in [1.807, 2.05) is 19.1 Å². The van der Waals surface area contributed by atoms with E-state index >= 15 is 0 Å². The van der Waals surface area contributed by atoms with Crippen molar-refractivity contribution in [1.29, 1.82) is 0 Å². The average Bonchev–Trinajstić information content (AvgIpc) is 2.89. The molecule has 1 aromatic carbocycles. The van der Waals surface area contributed by atoms with Crippen molar-refractivity contribution in [2.75, 3.05) is 6.61 Å². The molecular weight excluding hydrogens is 148 g/mol. The number of hydrogen-bond acceptors (Lipinski definition) is 1. The van der Waals surface area contributed by atoms with Crippen LogP contribution in [0, 0.1) is 6.07 Å². The normalized spacial score (nSPS) is 16.1. The van der Waals surface area contributed by atoms with Gasteiger partial charge < -0.3 is 4.74 Å². The summed E-state index contributed by atoms with van der Waals surface area (Å²) in [6, 6.07) is 9.36. The Kier molecular flexibility index (Phi) is 2.03. The fourth-order valence-electron chi connectivity index (χ4n) is 1.33. The minimum atomic E-state index is 0.733. The summed E-state index contributed by atoms with van der Waals surface area (Å²) in [6.07, 6.45) is 2.68. The first-order chi connectivity index (χ1) is 5.90. The summed E-state index contributed by atoms with van der Waals surface area (Å²) < 4.78 is 5.33. The second-order valence-electron chi connectivity index (χ2n) is 3.19. The molecule has 1 aromatic rings. The summed E-state index contributed by atoms with van der Waals surface area (Å²) in [5.41, 5.74) is 1.35. The summed E-state index contributed by atoms with van der Waals surface area (Å²) in [5.74, 6) is 1.72. The lowest BCUT2D eigenvalue weighted by molar-refractivity contribution is 0.340. The van der Waals surface area contributed by atoms with Crippen LogP contribution in [0.15, 0.2) is 18.2 Å². The van der Waals surface area contributed by atoms with Gasteiger partial charge in [0.25, 0.3) is 0 Å². The van der Waals surface area contributed by atoms with E-state index in [2.05, 4.69) is 12.1 Å². The molecule has 0 saturated heterocycles. The third kappa shape index (κ3) is 1.60. The molecular formula is C11H13O. The Morgan fingerprint density at radius 3 is 2.83 bits per heavy atom. The summed E-state index contributed by atoms with van der Waals surface area (Å²) in [5, 5.41) is 0. The Bertz CT molecular complexity index is 246. The van der Waals surface area contributed by atoms with E-state index in [0.717, 1.165) is 18.3 Å². The van der Waals surface area contributed by atoms with Crippen LogP contribution in [-0.2, 0) is 0 Å². The van der Waals surface area contributed by atoms with Crippen LogP contribution in [0.4, 0.5) is 0 Å². The summed E-state index contributed by atoms with van der Waals surface area (Å²) in [7, 11) is 0. The van der Waals surface area contributed by atoms with Gasteiger partial charge in [-0.15, -0.1) is 0 Å². The van der Waals surface area contributed by atoms with Crippen molar-refractivity contribution in [1.82, 2.24) is 0 Å². The fraction of sp³-hybridized carbons (Fsp3) is 0.455. The molecule has 0 spiro atoms. The Hall–Kier alpha value is -0.980. The zero-order valence-electron chi connectivity index (χ0n) is 7.34. The molecule has 0 atom stereocenters. The van der Waals surface area contributed by atoms with Crippen LogP contribution in [-0.4, -0.2) is 6.61 Å².